The number of thioether (sulfide) groups is 1. The molecule has 0 spiro atoms. The van der Waals surface area contributed by atoms with Gasteiger partial charge in [0.25, 0.3) is 0 Å². The van der Waals surface area contributed by atoms with Crippen molar-refractivity contribution in [3.63, 3.8) is 0 Å². The van der Waals surface area contributed by atoms with Gasteiger partial charge in [0.2, 0.25) is 0 Å². The predicted molar refractivity (Wildman–Crippen MR) is 82.5 cm³/mol. The van der Waals surface area contributed by atoms with Gasteiger partial charge in [0.15, 0.2) is 0 Å². The van der Waals surface area contributed by atoms with Crippen LogP contribution in [0.15, 0.2) is 17.5 Å². The molecule has 1 heterocycles. The number of hydrogen-bond donors (Lipinski definition) is 1. The molecule has 2 aliphatic carbocycles. The lowest BCUT2D eigenvalue weighted by Crippen LogP contribution is -2.42. The second-order valence-electron chi connectivity index (χ2n) is 5.66. The molecule has 0 aliphatic heterocycles. The maximum absolute atomic E-state index is 4.01. The first-order valence-electron chi connectivity index (χ1n) is 7.20. The summed E-state index contributed by atoms with van der Waals surface area (Å²) in [6, 6.07) is 5.89. The molecule has 1 N–H and O–H groups in total. The third kappa shape index (κ3) is 2.94. The molecule has 2 aliphatic rings. The molecule has 3 heteroatoms. The quantitative estimate of drug-likeness (QED) is 0.855. The first-order valence-corrected chi connectivity index (χ1v) is 9.37. The summed E-state index contributed by atoms with van der Waals surface area (Å²) in [5.74, 6) is 0.910. The highest BCUT2D eigenvalue weighted by Gasteiger charge is 2.36. The largest absolute Gasteiger partial charge is 0.305 e. The fourth-order valence-electron chi connectivity index (χ4n) is 3.15. The Balaban J connectivity index is 1.68. The highest BCUT2D eigenvalue weighted by atomic mass is 32.2. The molecule has 3 atom stereocenters. The third-order valence-corrected chi connectivity index (χ3v) is 6.47. The second kappa shape index (κ2) is 5.98. The van der Waals surface area contributed by atoms with Crippen molar-refractivity contribution >= 4 is 23.1 Å². The molecule has 0 bridgehead atoms. The molecule has 3 rings (SSSR count). The Labute approximate surface area is 119 Å². The SMILES string of the molecule is CSC1CCCCC1NC(c1cccs1)C1CC1. The van der Waals surface area contributed by atoms with Gasteiger partial charge in [-0.3, -0.25) is 0 Å². The molecule has 0 radical (unpaired) electrons. The fourth-order valence-corrected chi connectivity index (χ4v) is 4.97. The van der Waals surface area contributed by atoms with Gasteiger partial charge in [0.1, 0.15) is 0 Å². The Bertz CT molecular complexity index is 359. The van der Waals surface area contributed by atoms with Crippen LogP contribution in [0.5, 0.6) is 0 Å². The number of rotatable bonds is 5. The van der Waals surface area contributed by atoms with Crippen molar-refractivity contribution in [2.45, 2.75) is 55.9 Å². The zero-order chi connectivity index (χ0) is 12.4. The molecule has 1 aromatic rings. The monoisotopic (exact) mass is 281 g/mol. The van der Waals surface area contributed by atoms with Crippen molar-refractivity contribution in [1.29, 1.82) is 0 Å². The number of nitrogens with one attached hydrogen (secondary N) is 1. The van der Waals surface area contributed by atoms with Crippen LogP contribution in [0.1, 0.15) is 49.4 Å². The van der Waals surface area contributed by atoms with Crippen LogP contribution >= 0.6 is 23.1 Å². The van der Waals surface area contributed by atoms with Gasteiger partial charge >= 0.3 is 0 Å². The lowest BCUT2D eigenvalue weighted by atomic mass is 9.93. The molecular weight excluding hydrogens is 258 g/mol. The maximum atomic E-state index is 4.01. The van der Waals surface area contributed by atoms with E-state index < -0.39 is 0 Å². The summed E-state index contributed by atoms with van der Waals surface area (Å²) < 4.78 is 0. The molecule has 2 fully saturated rings. The average Bonchev–Trinajstić information content (AvgIpc) is 3.11. The van der Waals surface area contributed by atoms with E-state index in [4.69, 9.17) is 0 Å². The van der Waals surface area contributed by atoms with Crippen molar-refractivity contribution in [3.05, 3.63) is 22.4 Å². The lowest BCUT2D eigenvalue weighted by Gasteiger charge is -2.34. The molecule has 1 nitrogen and oxygen atoms in total. The van der Waals surface area contributed by atoms with E-state index in [9.17, 15) is 0 Å². The smallest absolute Gasteiger partial charge is 0.0445 e. The normalized spacial score (nSPS) is 30.3. The number of thiophene rings is 1. The topological polar surface area (TPSA) is 12.0 Å². The van der Waals surface area contributed by atoms with E-state index in [1.165, 1.54) is 38.5 Å². The third-order valence-electron chi connectivity index (χ3n) is 4.34. The van der Waals surface area contributed by atoms with Crippen molar-refractivity contribution in [2.24, 2.45) is 5.92 Å². The van der Waals surface area contributed by atoms with E-state index in [0.717, 1.165) is 17.2 Å². The fraction of sp³-hybridized carbons (Fsp3) is 0.733. The molecule has 1 aromatic heterocycles. The van der Waals surface area contributed by atoms with Gasteiger partial charge in [-0.1, -0.05) is 18.9 Å². The summed E-state index contributed by atoms with van der Waals surface area (Å²) in [6.07, 6.45) is 10.7. The van der Waals surface area contributed by atoms with E-state index in [0.29, 0.717) is 6.04 Å². The summed E-state index contributed by atoms with van der Waals surface area (Å²) in [5.41, 5.74) is 0. The first kappa shape index (κ1) is 13.0. The molecule has 0 saturated heterocycles. The van der Waals surface area contributed by atoms with Crippen molar-refractivity contribution in [1.82, 2.24) is 5.32 Å². The summed E-state index contributed by atoms with van der Waals surface area (Å²) >= 11 is 3.99. The minimum atomic E-state index is 0.641. The van der Waals surface area contributed by atoms with Crippen LogP contribution in [0, 0.1) is 5.92 Å². The Morgan fingerprint density at radius 3 is 2.78 bits per heavy atom. The minimum absolute atomic E-state index is 0.641. The predicted octanol–water partition coefficient (Wildman–Crippen LogP) is 4.46. The van der Waals surface area contributed by atoms with Crippen LogP contribution in [0.4, 0.5) is 0 Å². The van der Waals surface area contributed by atoms with Crippen LogP contribution in [0.2, 0.25) is 0 Å². The highest BCUT2D eigenvalue weighted by molar-refractivity contribution is 7.99. The van der Waals surface area contributed by atoms with Gasteiger partial charge in [-0.05, 0) is 49.3 Å². The zero-order valence-electron chi connectivity index (χ0n) is 11.1. The maximum Gasteiger partial charge on any atom is 0.0445 e. The zero-order valence-corrected chi connectivity index (χ0v) is 12.7. The van der Waals surface area contributed by atoms with Crippen molar-refractivity contribution < 1.29 is 0 Å². The first-order chi connectivity index (χ1) is 8.88. The van der Waals surface area contributed by atoms with Crippen LogP contribution in [0.3, 0.4) is 0 Å². The standard InChI is InChI=1S/C15H23NS2/c1-17-13-6-3-2-5-12(13)16-15(11-8-9-11)14-7-4-10-18-14/h4,7,10-13,15-16H,2-3,5-6,8-9H2,1H3. The van der Waals surface area contributed by atoms with Gasteiger partial charge < -0.3 is 5.32 Å². The van der Waals surface area contributed by atoms with E-state index >= 15 is 0 Å². The van der Waals surface area contributed by atoms with E-state index in [1.807, 2.05) is 11.3 Å². The minimum Gasteiger partial charge on any atom is -0.305 e. The van der Waals surface area contributed by atoms with Crippen molar-refractivity contribution in [2.75, 3.05) is 6.26 Å². The second-order valence-corrected chi connectivity index (χ2v) is 7.72. The lowest BCUT2D eigenvalue weighted by molar-refractivity contribution is 0.333. The summed E-state index contributed by atoms with van der Waals surface area (Å²) in [7, 11) is 0. The summed E-state index contributed by atoms with van der Waals surface area (Å²) in [4.78, 5) is 1.56. The summed E-state index contributed by atoms with van der Waals surface area (Å²) in [6.45, 7) is 0. The van der Waals surface area contributed by atoms with Crippen LogP contribution in [-0.4, -0.2) is 17.5 Å². The van der Waals surface area contributed by atoms with Crippen LogP contribution < -0.4 is 5.32 Å². The van der Waals surface area contributed by atoms with Gasteiger partial charge in [0.05, 0.1) is 0 Å². The summed E-state index contributed by atoms with van der Waals surface area (Å²) in [5, 5.41) is 7.07. The Hall–Kier alpha value is 0.01000. The van der Waals surface area contributed by atoms with Crippen molar-refractivity contribution in [3.8, 4) is 0 Å². The molecular formula is C15H23NS2. The molecule has 2 saturated carbocycles. The molecule has 0 amide bonds. The molecule has 100 valence electrons. The van der Waals surface area contributed by atoms with E-state index in [-0.39, 0.29) is 0 Å². The molecule has 18 heavy (non-hydrogen) atoms. The average molecular weight is 281 g/mol. The van der Waals surface area contributed by atoms with Crippen LogP contribution in [-0.2, 0) is 0 Å². The van der Waals surface area contributed by atoms with Gasteiger partial charge in [-0.2, -0.15) is 11.8 Å². The van der Waals surface area contributed by atoms with E-state index in [1.54, 1.807) is 4.88 Å². The van der Waals surface area contributed by atoms with Gasteiger partial charge in [-0.15, -0.1) is 11.3 Å². The van der Waals surface area contributed by atoms with Gasteiger partial charge in [-0.25, -0.2) is 0 Å². The highest BCUT2D eigenvalue weighted by Crippen LogP contribution is 2.43. The Kier molecular flexibility index (Phi) is 4.32. The van der Waals surface area contributed by atoms with Gasteiger partial charge in [0, 0.05) is 22.2 Å². The Morgan fingerprint density at radius 1 is 1.28 bits per heavy atom. The Morgan fingerprint density at radius 2 is 2.11 bits per heavy atom. The molecule has 3 unspecified atom stereocenters. The molecule has 0 aromatic carbocycles. The van der Waals surface area contributed by atoms with E-state index in [2.05, 4.69) is 40.8 Å². The van der Waals surface area contributed by atoms with Crippen LogP contribution in [0.25, 0.3) is 0 Å². The number of hydrogen-bond acceptors (Lipinski definition) is 3.